The number of likely N-dealkylation sites (tertiary alicyclic amines) is 1. The number of aryl methyl sites for hydroxylation is 1. The summed E-state index contributed by atoms with van der Waals surface area (Å²) in [7, 11) is 0. The van der Waals surface area contributed by atoms with Crippen molar-refractivity contribution in [2.45, 2.75) is 39.2 Å². The number of carbonyl (C=O) groups is 1. The van der Waals surface area contributed by atoms with Crippen LogP contribution in [0.15, 0.2) is 72.4 Å². The molecule has 1 saturated heterocycles. The van der Waals surface area contributed by atoms with E-state index in [2.05, 4.69) is 52.5 Å². The van der Waals surface area contributed by atoms with Gasteiger partial charge in [-0.05, 0) is 44.4 Å². The van der Waals surface area contributed by atoms with Crippen molar-refractivity contribution >= 4 is 12.0 Å². The van der Waals surface area contributed by atoms with Crippen LogP contribution in [0, 0.1) is 6.92 Å². The molecule has 1 atom stereocenters. The number of nitrogens with one attached hydrogen (secondary N) is 1. The topological polar surface area (TPSA) is 58.1 Å². The maximum atomic E-state index is 12.6. The van der Waals surface area contributed by atoms with Gasteiger partial charge < -0.3 is 5.32 Å². The lowest BCUT2D eigenvalue weighted by Gasteiger charge is -2.32. The molecule has 3 aromatic rings. The largest absolute Gasteiger partial charge is 0.348 e. The van der Waals surface area contributed by atoms with Crippen molar-refractivity contribution in [2.75, 3.05) is 19.6 Å². The van der Waals surface area contributed by atoms with E-state index in [9.17, 15) is 4.79 Å². The van der Waals surface area contributed by atoms with Crippen LogP contribution < -0.4 is 5.32 Å². The maximum absolute atomic E-state index is 12.6. The van der Waals surface area contributed by atoms with E-state index in [1.54, 1.807) is 6.20 Å². The highest BCUT2D eigenvalue weighted by Gasteiger charge is 2.24. The first-order valence-corrected chi connectivity index (χ1v) is 11.7. The number of aromatic nitrogens is 2. The van der Waals surface area contributed by atoms with Gasteiger partial charge in [0.05, 0.1) is 11.3 Å². The Balaban J connectivity index is 1.37. The first-order chi connectivity index (χ1) is 16.1. The molecule has 1 unspecified atom stereocenters. The molecule has 1 N–H and O–H groups in total. The summed E-state index contributed by atoms with van der Waals surface area (Å²) < 4.78 is 0. The maximum Gasteiger partial charge on any atom is 0.254 e. The van der Waals surface area contributed by atoms with Crippen molar-refractivity contribution in [2.24, 2.45) is 0 Å². The van der Waals surface area contributed by atoms with Crippen LogP contribution in [-0.2, 0) is 6.54 Å². The minimum atomic E-state index is -0.130. The first kappa shape index (κ1) is 22.9. The Kier molecular flexibility index (Phi) is 7.63. The summed E-state index contributed by atoms with van der Waals surface area (Å²) in [6.07, 6.45) is 6.16. The zero-order chi connectivity index (χ0) is 23.0. The second kappa shape index (κ2) is 11.0. The molecule has 0 saturated carbocycles. The molecule has 170 valence electrons. The molecule has 2 heterocycles. The van der Waals surface area contributed by atoms with Crippen molar-refractivity contribution in [1.29, 1.82) is 0 Å². The van der Waals surface area contributed by atoms with Crippen LogP contribution >= 0.6 is 0 Å². The van der Waals surface area contributed by atoms with E-state index in [0.29, 0.717) is 18.0 Å². The third kappa shape index (κ3) is 6.36. The lowest BCUT2D eigenvalue weighted by molar-refractivity contribution is 0.0949. The molecule has 0 radical (unpaired) electrons. The van der Waals surface area contributed by atoms with Crippen molar-refractivity contribution in [1.82, 2.24) is 20.2 Å². The molecule has 33 heavy (non-hydrogen) atoms. The van der Waals surface area contributed by atoms with E-state index in [1.165, 1.54) is 11.1 Å². The molecule has 5 heteroatoms. The Hall–Kier alpha value is -3.31. The predicted octanol–water partition coefficient (Wildman–Crippen LogP) is 5.00. The van der Waals surface area contributed by atoms with Crippen LogP contribution in [0.3, 0.4) is 0 Å². The fourth-order valence-corrected chi connectivity index (χ4v) is 4.42. The standard InChI is InChI=1S/C28H32N4O/c1-21(16-23-10-5-3-6-11-23)19-32-15-9-14-25(20-32)27-29-18-26(22(2)31-27)28(33)30-17-24-12-7-4-8-13-24/h3-8,10-13,16,18,25H,9,14-15,17,19-20H2,1-2H3,(H,30,33). The van der Waals surface area contributed by atoms with Gasteiger partial charge in [-0.1, -0.05) is 72.3 Å². The average molecular weight is 441 g/mol. The zero-order valence-electron chi connectivity index (χ0n) is 19.5. The Morgan fingerprint density at radius 2 is 1.85 bits per heavy atom. The molecule has 1 amide bonds. The number of rotatable bonds is 7. The highest BCUT2D eigenvalue weighted by Crippen LogP contribution is 2.25. The number of nitrogens with zero attached hydrogens (tertiary/aromatic N) is 3. The number of carbonyl (C=O) groups excluding carboxylic acids is 1. The Morgan fingerprint density at radius 3 is 2.58 bits per heavy atom. The zero-order valence-corrected chi connectivity index (χ0v) is 19.5. The SMILES string of the molecule is CC(=Cc1ccccc1)CN1CCCC(c2ncc(C(=O)NCc3ccccc3)c(C)n2)C1. The van der Waals surface area contributed by atoms with Crippen LogP contribution in [0.4, 0.5) is 0 Å². The monoisotopic (exact) mass is 440 g/mol. The minimum absolute atomic E-state index is 0.130. The number of piperidine rings is 1. The summed E-state index contributed by atoms with van der Waals surface area (Å²) in [4.78, 5) is 24.5. The van der Waals surface area contributed by atoms with Gasteiger partial charge in [0.15, 0.2) is 0 Å². The van der Waals surface area contributed by atoms with Crippen LogP contribution in [0.2, 0.25) is 0 Å². The van der Waals surface area contributed by atoms with Gasteiger partial charge in [-0.15, -0.1) is 0 Å². The van der Waals surface area contributed by atoms with Gasteiger partial charge in [0, 0.05) is 31.7 Å². The highest BCUT2D eigenvalue weighted by molar-refractivity contribution is 5.94. The van der Waals surface area contributed by atoms with Gasteiger partial charge in [0.2, 0.25) is 0 Å². The molecule has 0 bridgehead atoms. The molecule has 4 rings (SSSR count). The quantitative estimate of drug-likeness (QED) is 0.562. The second-order valence-electron chi connectivity index (χ2n) is 8.87. The summed E-state index contributed by atoms with van der Waals surface area (Å²) in [5.74, 6) is 1.01. The van der Waals surface area contributed by atoms with E-state index >= 15 is 0 Å². The normalized spacial score (nSPS) is 17.0. The lowest BCUT2D eigenvalue weighted by Crippen LogP contribution is -2.36. The van der Waals surface area contributed by atoms with Gasteiger partial charge in [0.25, 0.3) is 5.91 Å². The third-order valence-electron chi connectivity index (χ3n) is 6.09. The molecular formula is C28H32N4O. The lowest BCUT2D eigenvalue weighted by atomic mass is 9.96. The first-order valence-electron chi connectivity index (χ1n) is 11.7. The van der Waals surface area contributed by atoms with E-state index in [4.69, 9.17) is 4.98 Å². The summed E-state index contributed by atoms with van der Waals surface area (Å²) in [6, 6.07) is 20.4. The van der Waals surface area contributed by atoms with Gasteiger partial charge in [-0.3, -0.25) is 9.69 Å². The second-order valence-corrected chi connectivity index (χ2v) is 8.87. The number of hydrogen-bond acceptors (Lipinski definition) is 4. The smallest absolute Gasteiger partial charge is 0.254 e. The Morgan fingerprint density at radius 1 is 1.12 bits per heavy atom. The number of amides is 1. The predicted molar refractivity (Wildman–Crippen MR) is 133 cm³/mol. The molecule has 2 aromatic carbocycles. The summed E-state index contributed by atoms with van der Waals surface area (Å²) >= 11 is 0. The fraction of sp³-hybridized carbons (Fsp3) is 0.321. The highest BCUT2D eigenvalue weighted by atomic mass is 16.1. The van der Waals surface area contributed by atoms with Gasteiger partial charge in [0.1, 0.15) is 5.82 Å². The van der Waals surface area contributed by atoms with E-state index in [-0.39, 0.29) is 5.91 Å². The number of hydrogen-bond donors (Lipinski definition) is 1. The van der Waals surface area contributed by atoms with Crippen molar-refractivity contribution in [3.63, 3.8) is 0 Å². The Labute approximate surface area is 196 Å². The van der Waals surface area contributed by atoms with Gasteiger partial charge in [-0.25, -0.2) is 9.97 Å². The van der Waals surface area contributed by atoms with Gasteiger partial charge in [-0.2, -0.15) is 0 Å². The van der Waals surface area contributed by atoms with Crippen LogP contribution in [0.5, 0.6) is 0 Å². The van der Waals surface area contributed by atoms with E-state index < -0.39 is 0 Å². The molecule has 0 aliphatic carbocycles. The van der Waals surface area contributed by atoms with Crippen molar-refractivity contribution in [3.05, 3.63) is 101 Å². The van der Waals surface area contributed by atoms with E-state index in [1.807, 2.05) is 43.3 Å². The van der Waals surface area contributed by atoms with Crippen molar-refractivity contribution in [3.8, 4) is 0 Å². The molecule has 1 fully saturated rings. The average Bonchev–Trinajstić information content (AvgIpc) is 2.84. The summed E-state index contributed by atoms with van der Waals surface area (Å²) in [5.41, 5.74) is 4.94. The molecule has 1 aliphatic heterocycles. The molecule has 1 aliphatic rings. The molecule has 0 spiro atoms. The summed E-state index contributed by atoms with van der Waals surface area (Å²) in [5, 5.41) is 2.97. The van der Waals surface area contributed by atoms with Crippen LogP contribution in [0.1, 0.15) is 58.7 Å². The minimum Gasteiger partial charge on any atom is -0.348 e. The third-order valence-corrected chi connectivity index (χ3v) is 6.09. The fourth-order valence-electron chi connectivity index (χ4n) is 4.42. The van der Waals surface area contributed by atoms with Gasteiger partial charge >= 0.3 is 0 Å². The van der Waals surface area contributed by atoms with Crippen LogP contribution in [0.25, 0.3) is 6.08 Å². The molecular weight excluding hydrogens is 408 g/mol. The Bertz CT molecular complexity index is 1100. The van der Waals surface area contributed by atoms with E-state index in [0.717, 1.165) is 49.6 Å². The molecule has 5 nitrogen and oxygen atoms in total. The summed E-state index contributed by atoms with van der Waals surface area (Å²) in [6.45, 7) is 7.57. The van der Waals surface area contributed by atoms with Crippen molar-refractivity contribution < 1.29 is 4.79 Å². The molecule has 1 aromatic heterocycles. The van der Waals surface area contributed by atoms with Crippen LogP contribution in [-0.4, -0.2) is 40.4 Å². The number of benzene rings is 2.